The molecule has 1 N–H and O–H groups in total. The lowest BCUT2D eigenvalue weighted by molar-refractivity contribution is -0.140. The molecule has 1 aromatic heterocycles. The summed E-state index contributed by atoms with van der Waals surface area (Å²) in [7, 11) is 0. The number of aromatic nitrogens is 2. The highest BCUT2D eigenvalue weighted by Gasteiger charge is 2.32. The first kappa shape index (κ1) is 24.4. The second kappa shape index (κ2) is 12.1. The van der Waals surface area contributed by atoms with Crippen LogP contribution in [0.5, 0.6) is 0 Å². The van der Waals surface area contributed by atoms with Crippen LogP contribution < -0.4 is 5.32 Å². The zero-order chi connectivity index (χ0) is 22.9. The molecule has 1 aliphatic heterocycles. The molecule has 2 heterocycles. The monoisotopic (exact) mass is 448 g/mol. The van der Waals surface area contributed by atoms with Crippen molar-refractivity contribution in [1.82, 2.24) is 20.4 Å². The van der Waals surface area contributed by atoms with Crippen LogP contribution in [-0.4, -0.2) is 65.0 Å². The minimum absolute atomic E-state index is 0.0118. The van der Waals surface area contributed by atoms with E-state index < -0.39 is 12.0 Å². The van der Waals surface area contributed by atoms with E-state index in [2.05, 4.69) is 15.5 Å². The van der Waals surface area contributed by atoms with Crippen molar-refractivity contribution in [2.45, 2.75) is 77.7 Å². The normalized spacial score (nSPS) is 19.4. The maximum atomic E-state index is 13.3. The van der Waals surface area contributed by atoms with E-state index >= 15 is 0 Å². The largest absolute Gasteiger partial charge is 0.378 e. The summed E-state index contributed by atoms with van der Waals surface area (Å²) in [5, 5.41) is 6.64. The first-order valence-electron chi connectivity index (χ1n) is 12.0. The fraction of sp³-hybridized carbons (Fsp3) is 0.783. The van der Waals surface area contributed by atoms with Crippen molar-refractivity contribution in [2.24, 2.45) is 11.8 Å². The Morgan fingerprint density at radius 3 is 2.47 bits per heavy atom. The summed E-state index contributed by atoms with van der Waals surface area (Å²) in [6, 6.07) is -0.739. The molecule has 0 aromatic carbocycles. The molecule has 1 aromatic rings. The maximum Gasteiger partial charge on any atom is 0.240 e. The molecule has 1 aliphatic carbocycles. The molecule has 9 nitrogen and oxygen atoms in total. The molecular formula is C23H36N4O5. The second-order valence-corrected chi connectivity index (χ2v) is 8.83. The lowest BCUT2D eigenvalue weighted by Crippen LogP contribution is -2.46. The van der Waals surface area contributed by atoms with Gasteiger partial charge in [-0.1, -0.05) is 51.1 Å². The van der Waals surface area contributed by atoms with Crippen LogP contribution in [0.4, 0.5) is 0 Å². The van der Waals surface area contributed by atoms with E-state index in [9.17, 15) is 14.4 Å². The van der Waals surface area contributed by atoms with Gasteiger partial charge in [0, 0.05) is 31.8 Å². The molecule has 9 heteroatoms. The molecular weight excluding hydrogens is 412 g/mol. The highest BCUT2D eigenvalue weighted by molar-refractivity contribution is 5.99. The Labute approximate surface area is 189 Å². The summed E-state index contributed by atoms with van der Waals surface area (Å²) >= 11 is 0. The van der Waals surface area contributed by atoms with Crippen LogP contribution in [-0.2, 0) is 20.7 Å². The average Bonchev–Trinajstić information content (AvgIpc) is 3.32. The number of aryl methyl sites for hydroxylation is 1. The SMILES string of the molecule is CCc1nc(C(=O)[C@H](CC)NC(=O)C(CC(=O)N2CCOCC2)CC2CCCCC2)no1. The smallest absolute Gasteiger partial charge is 0.240 e. The third-order valence-electron chi connectivity index (χ3n) is 6.53. The molecule has 0 bridgehead atoms. The zero-order valence-electron chi connectivity index (χ0n) is 19.3. The van der Waals surface area contributed by atoms with Crippen molar-refractivity contribution >= 4 is 17.6 Å². The summed E-state index contributed by atoms with van der Waals surface area (Å²) in [6.45, 7) is 5.87. The van der Waals surface area contributed by atoms with E-state index in [0.29, 0.717) is 57.4 Å². The van der Waals surface area contributed by atoms with Crippen LogP contribution in [0.15, 0.2) is 4.52 Å². The summed E-state index contributed by atoms with van der Waals surface area (Å²) < 4.78 is 10.4. The van der Waals surface area contributed by atoms with E-state index in [4.69, 9.17) is 9.26 Å². The number of hydrogen-bond acceptors (Lipinski definition) is 7. The number of rotatable bonds is 10. The van der Waals surface area contributed by atoms with Gasteiger partial charge < -0.3 is 19.5 Å². The number of ether oxygens (including phenoxy) is 1. The van der Waals surface area contributed by atoms with Crippen LogP contribution in [0.3, 0.4) is 0 Å². The highest BCUT2D eigenvalue weighted by Crippen LogP contribution is 2.30. The summed E-state index contributed by atoms with van der Waals surface area (Å²) in [5.41, 5.74) is 0. The number of hydrogen-bond donors (Lipinski definition) is 1. The van der Waals surface area contributed by atoms with Gasteiger partial charge in [-0.3, -0.25) is 14.4 Å². The first-order chi connectivity index (χ1) is 15.5. The summed E-state index contributed by atoms with van der Waals surface area (Å²) in [4.78, 5) is 44.9. The van der Waals surface area contributed by atoms with Crippen LogP contribution in [0.1, 0.15) is 81.7 Å². The number of carbonyl (C=O) groups excluding carboxylic acids is 3. The Hall–Kier alpha value is -2.29. The molecule has 32 heavy (non-hydrogen) atoms. The summed E-state index contributed by atoms with van der Waals surface area (Å²) in [5.74, 6) is -0.252. The van der Waals surface area contributed by atoms with Crippen LogP contribution in [0.2, 0.25) is 0 Å². The molecule has 1 saturated carbocycles. The molecule has 0 spiro atoms. The van der Waals surface area contributed by atoms with E-state index in [-0.39, 0.29) is 29.8 Å². The van der Waals surface area contributed by atoms with Gasteiger partial charge in [0.05, 0.1) is 19.3 Å². The van der Waals surface area contributed by atoms with Gasteiger partial charge in [0.2, 0.25) is 29.3 Å². The lowest BCUT2D eigenvalue weighted by atomic mass is 9.81. The number of Topliss-reactive ketones (excluding diaryl/α,β-unsaturated/α-hetero) is 1. The zero-order valence-corrected chi connectivity index (χ0v) is 19.3. The number of nitrogens with zero attached hydrogens (tertiary/aromatic N) is 3. The molecule has 2 atom stereocenters. The number of ketones is 1. The molecule has 0 radical (unpaired) electrons. The maximum absolute atomic E-state index is 13.3. The van der Waals surface area contributed by atoms with Crippen molar-refractivity contribution in [2.75, 3.05) is 26.3 Å². The lowest BCUT2D eigenvalue weighted by Gasteiger charge is -2.30. The van der Waals surface area contributed by atoms with Crippen molar-refractivity contribution < 1.29 is 23.6 Å². The summed E-state index contributed by atoms with van der Waals surface area (Å²) in [6.07, 6.45) is 7.54. The topological polar surface area (TPSA) is 115 Å². The minimum Gasteiger partial charge on any atom is -0.378 e. The number of nitrogens with one attached hydrogen (secondary N) is 1. The van der Waals surface area contributed by atoms with Gasteiger partial charge in [-0.15, -0.1) is 0 Å². The van der Waals surface area contributed by atoms with Crippen molar-refractivity contribution in [3.8, 4) is 0 Å². The van der Waals surface area contributed by atoms with Gasteiger partial charge in [0.1, 0.15) is 0 Å². The van der Waals surface area contributed by atoms with Gasteiger partial charge in [0.15, 0.2) is 0 Å². The van der Waals surface area contributed by atoms with Crippen LogP contribution >= 0.6 is 0 Å². The Balaban J connectivity index is 1.67. The fourth-order valence-electron chi connectivity index (χ4n) is 4.56. The Bertz CT molecular complexity index is 768. The molecule has 1 saturated heterocycles. The van der Waals surface area contributed by atoms with Gasteiger partial charge in [-0.2, -0.15) is 4.98 Å². The Morgan fingerprint density at radius 1 is 1.12 bits per heavy atom. The van der Waals surface area contributed by atoms with E-state index in [1.807, 2.05) is 13.8 Å². The van der Waals surface area contributed by atoms with Gasteiger partial charge in [-0.25, -0.2) is 0 Å². The average molecular weight is 449 g/mol. The van der Waals surface area contributed by atoms with E-state index in [1.54, 1.807) is 4.90 Å². The van der Waals surface area contributed by atoms with Crippen molar-refractivity contribution in [3.05, 3.63) is 11.7 Å². The third kappa shape index (κ3) is 6.60. The molecule has 178 valence electrons. The molecule has 3 rings (SSSR count). The first-order valence-corrected chi connectivity index (χ1v) is 12.0. The molecule has 2 fully saturated rings. The standard InChI is InChI=1S/C23H36N4O5/c1-3-18(21(29)22-25-19(4-2)32-26-22)24-23(30)17(14-16-8-6-5-7-9-16)15-20(28)27-10-12-31-13-11-27/h16-18H,3-15H2,1-2H3,(H,24,30)/t17?,18-/m0/s1. The highest BCUT2D eigenvalue weighted by atomic mass is 16.5. The predicted molar refractivity (Wildman–Crippen MR) is 117 cm³/mol. The van der Waals surface area contributed by atoms with E-state index in [0.717, 1.165) is 12.8 Å². The van der Waals surface area contributed by atoms with E-state index in [1.165, 1.54) is 19.3 Å². The van der Waals surface area contributed by atoms with Crippen LogP contribution in [0, 0.1) is 11.8 Å². The Morgan fingerprint density at radius 2 is 1.84 bits per heavy atom. The molecule has 1 unspecified atom stereocenters. The fourth-order valence-corrected chi connectivity index (χ4v) is 4.56. The van der Waals surface area contributed by atoms with Crippen molar-refractivity contribution in [1.29, 1.82) is 0 Å². The number of morpholine rings is 1. The predicted octanol–water partition coefficient (Wildman–Crippen LogP) is 2.54. The van der Waals surface area contributed by atoms with Crippen molar-refractivity contribution in [3.63, 3.8) is 0 Å². The number of amides is 2. The second-order valence-electron chi connectivity index (χ2n) is 8.83. The molecule has 2 aliphatic rings. The van der Waals surface area contributed by atoms with Gasteiger partial charge in [-0.05, 0) is 18.8 Å². The number of carbonyl (C=O) groups is 3. The quantitative estimate of drug-likeness (QED) is 0.547. The van der Waals surface area contributed by atoms with Gasteiger partial charge in [0.25, 0.3) is 0 Å². The molecule has 2 amide bonds. The van der Waals surface area contributed by atoms with Gasteiger partial charge >= 0.3 is 0 Å². The van der Waals surface area contributed by atoms with Crippen LogP contribution in [0.25, 0.3) is 0 Å². The third-order valence-corrected chi connectivity index (χ3v) is 6.53. The Kier molecular flexibility index (Phi) is 9.20. The minimum atomic E-state index is -0.739.